The Balaban J connectivity index is 1.35. The van der Waals surface area contributed by atoms with E-state index in [9.17, 15) is 4.79 Å². The number of nitrogens with zero attached hydrogens (tertiary/aromatic N) is 2. The molecular weight excluding hydrogens is 316 g/mol. The molecule has 0 saturated heterocycles. The summed E-state index contributed by atoms with van der Waals surface area (Å²) in [4.78, 5) is 20.4. The van der Waals surface area contributed by atoms with Crippen molar-refractivity contribution in [2.75, 3.05) is 13.2 Å². The van der Waals surface area contributed by atoms with Crippen LogP contribution in [-0.2, 0) is 4.74 Å². The van der Waals surface area contributed by atoms with Crippen molar-refractivity contribution < 1.29 is 14.3 Å². The number of Topliss-reactive ketones (excluding diaryl/α,β-unsaturated/α-hetero) is 1. The number of carbonyl (C=O) groups excluding carboxylic acids is 1. The molecule has 0 amide bonds. The second-order valence-electron chi connectivity index (χ2n) is 5.70. The lowest BCUT2D eigenvalue weighted by molar-refractivity contribution is 0.0988. The molecule has 0 spiro atoms. The number of benzene rings is 2. The van der Waals surface area contributed by atoms with Crippen molar-refractivity contribution in [3.63, 3.8) is 0 Å². The number of ketones is 1. The van der Waals surface area contributed by atoms with Crippen LogP contribution in [0.1, 0.15) is 16.8 Å². The third kappa shape index (κ3) is 3.35. The van der Waals surface area contributed by atoms with E-state index in [4.69, 9.17) is 9.47 Å². The SMILES string of the molecule is O=C1CC(OCCOc2ccc3ccccc3c2)=Nc2ccncc21. The predicted octanol–water partition coefficient (Wildman–Crippen LogP) is 3.95. The minimum Gasteiger partial charge on any atom is -0.490 e. The first-order chi connectivity index (χ1) is 12.3. The first-order valence-corrected chi connectivity index (χ1v) is 8.09. The number of fused-ring (bicyclic) bond motifs is 2. The van der Waals surface area contributed by atoms with Gasteiger partial charge in [0, 0.05) is 12.4 Å². The highest BCUT2D eigenvalue weighted by Crippen LogP contribution is 2.25. The Bertz CT molecular complexity index is 966. The minimum absolute atomic E-state index is 0.0245. The van der Waals surface area contributed by atoms with Gasteiger partial charge in [-0.1, -0.05) is 30.3 Å². The van der Waals surface area contributed by atoms with E-state index in [1.165, 1.54) is 5.39 Å². The third-order valence-corrected chi connectivity index (χ3v) is 4.00. The lowest BCUT2D eigenvalue weighted by atomic mass is 10.1. The van der Waals surface area contributed by atoms with E-state index in [0.29, 0.717) is 30.4 Å². The van der Waals surface area contributed by atoms with Gasteiger partial charge in [0.25, 0.3) is 0 Å². The first kappa shape index (κ1) is 15.3. The molecule has 3 aromatic rings. The lowest BCUT2D eigenvalue weighted by Gasteiger charge is -2.15. The zero-order valence-corrected chi connectivity index (χ0v) is 13.5. The number of aliphatic imine (C=N–C) groups is 1. The molecule has 4 rings (SSSR count). The van der Waals surface area contributed by atoms with Crippen molar-refractivity contribution in [2.24, 2.45) is 4.99 Å². The largest absolute Gasteiger partial charge is 0.490 e. The standard InChI is InChI=1S/C20H16N2O3/c23-19-12-20(22-18-7-8-21-13-17(18)19)25-10-9-24-16-6-5-14-3-1-2-4-15(14)11-16/h1-8,11,13H,9-10,12H2. The van der Waals surface area contributed by atoms with Gasteiger partial charge in [-0.2, -0.15) is 0 Å². The van der Waals surface area contributed by atoms with E-state index >= 15 is 0 Å². The van der Waals surface area contributed by atoms with Crippen LogP contribution in [0, 0.1) is 0 Å². The van der Waals surface area contributed by atoms with Gasteiger partial charge in [-0.05, 0) is 29.0 Å². The van der Waals surface area contributed by atoms with Gasteiger partial charge >= 0.3 is 0 Å². The average molecular weight is 332 g/mol. The summed E-state index contributed by atoms with van der Waals surface area (Å²) in [7, 11) is 0. The predicted molar refractivity (Wildman–Crippen MR) is 95.7 cm³/mol. The molecule has 2 aromatic carbocycles. The number of hydrogen-bond donors (Lipinski definition) is 0. The Labute approximate surface area is 144 Å². The number of pyridine rings is 1. The molecule has 0 fully saturated rings. The van der Waals surface area contributed by atoms with Crippen molar-refractivity contribution in [1.82, 2.24) is 4.98 Å². The molecule has 0 atom stereocenters. The number of rotatable bonds is 4. The van der Waals surface area contributed by atoms with E-state index in [-0.39, 0.29) is 12.2 Å². The van der Waals surface area contributed by atoms with Gasteiger partial charge in [0.1, 0.15) is 19.0 Å². The summed E-state index contributed by atoms with van der Waals surface area (Å²) in [6, 6.07) is 15.8. The lowest BCUT2D eigenvalue weighted by Crippen LogP contribution is -2.19. The maximum absolute atomic E-state index is 12.0. The Hall–Kier alpha value is -3.21. The summed E-state index contributed by atoms with van der Waals surface area (Å²) in [6.45, 7) is 0.716. The van der Waals surface area contributed by atoms with Gasteiger partial charge in [-0.15, -0.1) is 0 Å². The zero-order chi connectivity index (χ0) is 17.1. The highest BCUT2D eigenvalue weighted by Gasteiger charge is 2.20. The summed E-state index contributed by atoms with van der Waals surface area (Å²) in [6.07, 6.45) is 3.32. The van der Waals surface area contributed by atoms with Crippen molar-refractivity contribution in [3.8, 4) is 5.75 Å². The van der Waals surface area contributed by atoms with Crippen LogP contribution in [0.5, 0.6) is 5.75 Å². The fraction of sp³-hybridized carbons (Fsp3) is 0.150. The second-order valence-corrected chi connectivity index (χ2v) is 5.70. The molecule has 2 heterocycles. The smallest absolute Gasteiger partial charge is 0.196 e. The van der Waals surface area contributed by atoms with Gasteiger partial charge in [-0.3, -0.25) is 9.78 Å². The number of hydrogen-bond acceptors (Lipinski definition) is 5. The van der Waals surface area contributed by atoms with Crippen molar-refractivity contribution in [3.05, 3.63) is 66.5 Å². The van der Waals surface area contributed by atoms with E-state index in [1.54, 1.807) is 18.5 Å². The molecular formula is C20H16N2O3. The van der Waals surface area contributed by atoms with Gasteiger partial charge in [0.05, 0.1) is 17.7 Å². The molecule has 1 aromatic heterocycles. The normalized spacial score (nSPS) is 13.3. The van der Waals surface area contributed by atoms with Crippen LogP contribution in [0.4, 0.5) is 5.69 Å². The van der Waals surface area contributed by atoms with E-state index in [2.05, 4.69) is 16.0 Å². The monoisotopic (exact) mass is 332 g/mol. The molecule has 0 N–H and O–H groups in total. The second kappa shape index (κ2) is 6.73. The first-order valence-electron chi connectivity index (χ1n) is 8.09. The highest BCUT2D eigenvalue weighted by atomic mass is 16.5. The molecule has 124 valence electrons. The van der Waals surface area contributed by atoms with E-state index < -0.39 is 0 Å². The summed E-state index contributed by atoms with van der Waals surface area (Å²) < 4.78 is 11.3. The molecule has 0 bridgehead atoms. The molecule has 0 unspecified atom stereocenters. The summed E-state index contributed by atoms with van der Waals surface area (Å²) in [5, 5.41) is 2.31. The van der Waals surface area contributed by atoms with Crippen LogP contribution in [0.3, 0.4) is 0 Å². The summed E-state index contributed by atoms with van der Waals surface area (Å²) in [5.41, 5.74) is 1.15. The molecule has 1 aliphatic rings. The fourth-order valence-electron chi connectivity index (χ4n) is 2.77. The maximum Gasteiger partial charge on any atom is 0.196 e. The number of ether oxygens (including phenoxy) is 2. The Morgan fingerprint density at radius 2 is 1.80 bits per heavy atom. The molecule has 0 radical (unpaired) electrons. The van der Waals surface area contributed by atoms with Gasteiger partial charge in [0.2, 0.25) is 0 Å². The van der Waals surface area contributed by atoms with Crippen molar-refractivity contribution in [2.45, 2.75) is 6.42 Å². The maximum atomic E-state index is 12.0. The molecule has 5 heteroatoms. The van der Waals surface area contributed by atoms with Crippen LogP contribution in [0.15, 0.2) is 65.9 Å². The van der Waals surface area contributed by atoms with Crippen LogP contribution in [-0.4, -0.2) is 29.9 Å². The molecule has 1 aliphatic heterocycles. The Morgan fingerprint density at radius 3 is 2.72 bits per heavy atom. The highest BCUT2D eigenvalue weighted by molar-refractivity contribution is 6.13. The molecule has 5 nitrogen and oxygen atoms in total. The van der Waals surface area contributed by atoms with E-state index in [0.717, 1.165) is 11.1 Å². The number of aromatic nitrogens is 1. The van der Waals surface area contributed by atoms with Gasteiger partial charge in [-0.25, -0.2) is 4.99 Å². The molecule has 0 aliphatic carbocycles. The van der Waals surface area contributed by atoms with Crippen LogP contribution < -0.4 is 4.74 Å². The quantitative estimate of drug-likeness (QED) is 0.679. The molecule has 25 heavy (non-hydrogen) atoms. The van der Waals surface area contributed by atoms with Crippen molar-refractivity contribution >= 4 is 28.1 Å². The third-order valence-electron chi connectivity index (χ3n) is 4.00. The summed E-state index contributed by atoms with van der Waals surface area (Å²) in [5.74, 6) is 1.19. The van der Waals surface area contributed by atoms with Crippen molar-refractivity contribution in [1.29, 1.82) is 0 Å². The van der Waals surface area contributed by atoms with Gasteiger partial charge < -0.3 is 9.47 Å². The van der Waals surface area contributed by atoms with Crippen LogP contribution in [0.2, 0.25) is 0 Å². The van der Waals surface area contributed by atoms with Crippen LogP contribution >= 0.6 is 0 Å². The van der Waals surface area contributed by atoms with E-state index in [1.807, 2.05) is 36.4 Å². The zero-order valence-electron chi connectivity index (χ0n) is 13.5. The minimum atomic E-state index is -0.0245. The fourth-order valence-corrected chi connectivity index (χ4v) is 2.77. The summed E-state index contributed by atoms with van der Waals surface area (Å²) >= 11 is 0. The number of carbonyl (C=O) groups is 1. The Morgan fingerprint density at radius 1 is 0.960 bits per heavy atom. The molecule has 0 saturated carbocycles. The van der Waals surface area contributed by atoms with Crippen LogP contribution in [0.25, 0.3) is 10.8 Å². The average Bonchev–Trinajstić information content (AvgIpc) is 2.65. The van der Waals surface area contributed by atoms with Gasteiger partial charge in [0.15, 0.2) is 11.7 Å². The topological polar surface area (TPSA) is 60.8 Å². The Kier molecular flexibility index (Phi) is 4.12.